The fraction of sp³-hybridized carbons (Fsp3) is 0.938. The molecule has 2 unspecified atom stereocenters. The maximum absolute atomic E-state index is 12.4. The Bertz CT molecular complexity index is 331. The van der Waals surface area contributed by atoms with Gasteiger partial charge in [0.25, 0.3) is 0 Å². The summed E-state index contributed by atoms with van der Waals surface area (Å²) in [5, 5.41) is 0.757. The number of piperazine rings is 1. The molecule has 4 nitrogen and oxygen atoms in total. The van der Waals surface area contributed by atoms with E-state index in [0.29, 0.717) is 18.4 Å². The van der Waals surface area contributed by atoms with Crippen molar-refractivity contribution in [1.29, 1.82) is 0 Å². The summed E-state index contributed by atoms with van der Waals surface area (Å²) in [5.41, 5.74) is 0. The van der Waals surface area contributed by atoms with E-state index in [4.69, 9.17) is 0 Å². The van der Waals surface area contributed by atoms with Crippen molar-refractivity contribution in [3.05, 3.63) is 0 Å². The van der Waals surface area contributed by atoms with E-state index in [-0.39, 0.29) is 0 Å². The highest BCUT2D eigenvalue weighted by Gasteiger charge is 2.29. The second kappa shape index (κ2) is 8.39. The van der Waals surface area contributed by atoms with Crippen LogP contribution in [0.4, 0.5) is 0 Å². The Hall–Kier alpha value is -0.260. The van der Waals surface area contributed by atoms with Gasteiger partial charge in [0.05, 0.1) is 0 Å². The van der Waals surface area contributed by atoms with E-state index in [1.165, 1.54) is 19.3 Å². The second-order valence-corrected chi connectivity index (χ2v) is 7.49. The van der Waals surface area contributed by atoms with Crippen molar-refractivity contribution >= 4 is 17.7 Å². The van der Waals surface area contributed by atoms with Gasteiger partial charge in [0, 0.05) is 57.5 Å². The van der Waals surface area contributed by atoms with Crippen LogP contribution in [0.3, 0.4) is 0 Å². The monoisotopic (exact) mass is 313 g/mol. The zero-order valence-electron chi connectivity index (χ0n) is 13.9. The van der Waals surface area contributed by atoms with Crippen molar-refractivity contribution in [2.24, 2.45) is 0 Å². The molecule has 122 valence electrons. The largest absolute Gasteiger partial charge is 0.343 e. The molecule has 1 aliphatic carbocycles. The highest BCUT2D eigenvalue weighted by atomic mass is 32.2. The summed E-state index contributed by atoms with van der Waals surface area (Å²) in [6, 6.07) is 0.479. The van der Waals surface area contributed by atoms with E-state index >= 15 is 0 Å². The molecule has 1 heterocycles. The molecule has 0 aromatic carbocycles. The molecule has 1 aliphatic heterocycles. The number of thioether (sulfide) groups is 1. The predicted molar refractivity (Wildman–Crippen MR) is 90.9 cm³/mol. The van der Waals surface area contributed by atoms with Crippen LogP contribution in [0, 0.1) is 0 Å². The average Bonchev–Trinajstić information content (AvgIpc) is 3.01. The van der Waals surface area contributed by atoms with Gasteiger partial charge in [0.1, 0.15) is 0 Å². The molecule has 5 heteroatoms. The van der Waals surface area contributed by atoms with Gasteiger partial charge in [0.2, 0.25) is 5.91 Å². The number of carbonyl (C=O) groups is 1. The average molecular weight is 314 g/mol. The van der Waals surface area contributed by atoms with Gasteiger partial charge < -0.3 is 14.7 Å². The number of likely N-dealkylation sites (N-methyl/N-ethyl adjacent to an activating group) is 1. The lowest BCUT2D eigenvalue weighted by Crippen LogP contribution is -2.47. The molecule has 0 spiro atoms. The van der Waals surface area contributed by atoms with Gasteiger partial charge in [-0.1, -0.05) is 6.92 Å². The number of rotatable bonds is 6. The van der Waals surface area contributed by atoms with Gasteiger partial charge in [-0.25, -0.2) is 0 Å². The first kappa shape index (κ1) is 17.1. The number of hydrogen-bond acceptors (Lipinski definition) is 4. The third-order valence-corrected chi connectivity index (χ3v) is 6.28. The summed E-state index contributed by atoms with van der Waals surface area (Å²) < 4.78 is 0. The molecule has 2 aliphatic rings. The van der Waals surface area contributed by atoms with Crippen LogP contribution in [0.1, 0.15) is 32.6 Å². The Morgan fingerprint density at radius 2 is 1.86 bits per heavy atom. The van der Waals surface area contributed by atoms with Crippen LogP contribution in [0.25, 0.3) is 0 Å². The van der Waals surface area contributed by atoms with Crippen molar-refractivity contribution in [3.8, 4) is 0 Å². The van der Waals surface area contributed by atoms with E-state index < -0.39 is 0 Å². The van der Waals surface area contributed by atoms with Gasteiger partial charge in [-0.3, -0.25) is 4.79 Å². The third-order valence-electron chi connectivity index (χ3n) is 5.19. The minimum atomic E-state index is 0.333. The van der Waals surface area contributed by atoms with Crippen molar-refractivity contribution in [2.75, 3.05) is 52.6 Å². The summed E-state index contributed by atoms with van der Waals surface area (Å²) in [7, 11) is 2.00. The molecule has 2 rings (SSSR count). The smallest absolute Gasteiger partial charge is 0.223 e. The molecule has 1 saturated heterocycles. The molecule has 1 saturated carbocycles. The van der Waals surface area contributed by atoms with Crippen LogP contribution in [0.2, 0.25) is 0 Å². The molecule has 0 aromatic rings. The van der Waals surface area contributed by atoms with Crippen LogP contribution in [0.5, 0.6) is 0 Å². The maximum Gasteiger partial charge on any atom is 0.223 e. The molecular formula is C16H31N3OS. The topological polar surface area (TPSA) is 26.8 Å². The van der Waals surface area contributed by atoms with Crippen LogP contribution in [0.15, 0.2) is 0 Å². The van der Waals surface area contributed by atoms with E-state index in [1.54, 1.807) is 0 Å². The molecule has 21 heavy (non-hydrogen) atoms. The van der Waals surface area contributed by atoms with Gasteiger partial charge in [0.15, 0.2) is 0 Å². The Balaban J connectivity index is 1.67. The summed E-state index contributed by atoms with van der Waals surface area (Å²) in [4.78, 5) is 19.3. The number of hydrogen-bond donors (Lipinski definition) is 0. The van der Waals surface area contributed by atoms with Crippen molar-refractivity contribution in [1.82, 2.24) is 14.7 Å². The van der Waals surface area contributed by atoms with Crippen LogP contribution in [-0.2, 0) is 4.79 Å². The highest BCUT2D eigenvalue weighted by molar-refractivity contribution is 7.99. The number of nitrogens with zero attached hydrogens (tertiary/aromatic N) is 3. The SMILES string of the molecule is CCN1CCN(CCC(=O)N(C)C2CCC(SC)C2)CC1. The number of amides is 1. The van der Waals surface area contributed by atoms with Crippen LogP contribution in [-0.4, -0.2) is 84.5 Å². The fourth-order valence-corrected chi connectivity index (χ4v) is 4.23. The first-order chi connectivity index (χ1) is 10.1. The van der Waals surface area contributed by atoms with Gasteiger partial charge in [-0.05, 0) is 32.1 Å². The van der Waals surface area contributed by atoms with E-state index in [2.05, 4.69) is 23.0 Å². The summed E-state index contributed by atoms with van der Waals surface area (Å²) in [5.74, 6) is 0.333. The third kappa shape index (κ3) is 4.86. The van der Waals surface area contributed by atoms with Crippen LogP contribution >= 0.6 is 11.8 Å². The Kier molecular flexibility index (Phi) is 6.83. The normalized spacial score (nSPS) is 28.0. The summed E-state index contributed by atoms with van der Waals surface area (Å²) in [6.07, 6.45) is 6.50. The lowest BCUT2D eigenvalue weighted by Gasteiger charge is -2.34. The molecule has 0 aromatic heterocycles. The van der Waals surface area contributed by atoms with E-state index in [0.717, 1.165) is 44.5 Å². The minimum Gasteiger partial charge on any atom is -0.343 e. The van der Waals surface area contributed by atoms with Crippen LogP contribution < -0.4 is 0 Å². The summed E-state index contributed by atoms with van der Waals surface area (Å²) >= 11 is 1.95. The summed E-state index contributed by atoms with van der Waals surface area (Å²) in [6.45, 7) is 8.83. The lowest BCUT2D eigenvalue weighted by atomic mass is 10.2. The molecule has 0 radical (unpaired) electrons. The Morgan fingerprint density at radius 1 is 1.19 bits per heavy atom. The van der Waals surface area contributed by atoms with E-state index in [9.17, 15) is 4.79 Å². The molecule has 2 atom stereocenters. The highest BCUT2D eigenvalue weighted by Crippen LogP contribution is 2.31. The standard InChI is InChI=1S/C16H31N3OS/c1-4-18-9-11-19(12-10-18)8-7-16(20)17(2)14-5-6-15(13-14)21-3/h14-15H,4-13H2,1-3H3. The Morgan fingerprint density at radius 3 is 2.43 bits per heavy atom. The first-order valence-electron chi connectivity index (χ1n) is 8.37. The van der Waals surface area contributed by atoms with E-state index in [1.807, 2.05) is 23.7 Å². The predicted octanol–water partition coefficient (Wildman–Crippen LogP) is 1.76. The lowest BCUT2D eigenvalue weighted by molar-refractivity contribution is -0.132. The van der Waals surface area contributed by atoms with Gasteiger partial charge >= 0.3 is 0 Å². The van der Waals surface area contributed by atoms with Gasteiger partial charge in [-0.15, -0.1) is 0 Å². The van der Waals surface area contributed by atoms with Crippen molar-refractivity contribution in [3.63, 3.8) is 0 Å². The second-order valence-electron chi connectivity index (χ2n) is 6.36. The number of carbonyl (C=O) groups excluding carboxylic acids is 1. The molecule has 2 fully saturated rings. The fourth-order valence-electron chi connectivity index (χ4n) is 3.45. The molecule has 0 N–H and O–H groups in total. The zero-order chi connectivity index (χ0) is 15.2. The molecule has 0 bridgehead atoms. The minimum absolute atomic E-state index is 0.333. The zero-order valence-corrected chi connectivity index (χ0v) is 14.7. The van der Waals surface area contributed by atoms with Gasteiger partial charge in [-0.2, -0.15) is 11.8 Å². The maximum atomic E-state index is 12.4. The quantitative estimate of drug-likeness (QED) is 0.746. The van der Waals surface area contributed by atoms with Crippen molar-refractivity contribution in [2.45, 2.75) is 43.9 Å². The Labute approximate surface area is 134 Å². The molecule has 1 amide bonds. The first-order valence-corrected chi connectivity index (χ1v) is 9.66. The van der Waals surface area contributed by atoms with Crippen molar-refractivity contribution < 1.29 is 4.79 Å². The molecular weight excluding hydrogens is 282 g/mol.